The highest BCUT2D eigenvalue weighted by atomic mass is 19.1. The first kappa shape index (κ1) is 19.5. The zero-order valence-corrected chi connectivity index (χ0v) is 16.2. The van der Waals surface area contributed by atoms with Gasteiger partial charge in [0.15, 0.2) is 0 Å². The van der Waals surface area contributed by atoms with E-state index in [1.165, 1.54) is 12.1 Å². The second-order valence-corrected chi connectivity index (χ2v) is 7.72. The lowest BCUT2D eigenvalue weighted by molar-refractivity contribution is -0.123. The van der Waals surface area contributed by atoms with Crippen molar-refractivity contribution >= 4 is 23.3 Å². The predicted molar refractivity (Wildman–Crippen MR) is 105 cm³/mol. The predicted octanol–water partition coefficient (Wildman–Crippen LogP) is 3.28. The van der Waals surface area contributed by atoms with Crippen LogP contribution in [0.25, 0.3) is 16.7 Å². The number of aromatic nitrogens is 1. The van der Waals surface area contributed by atoms with Gasteiger partial charge in [-0.15, -0.1) is 0 Å². The van der Waals surface area contributed by atoms with Gasteiger partial charge in [0, 0.05) is 31.4 Å². The van der Waals surface area contributed by atoms with Crippen molar-refractivity contribution in [3.8, 4) is 11.1 Å². The Balaban J connectivity index is 1.95. The number of carbonyl (C=O) groups is 2. The standard InChI is InChI=1S/C21H22FN3O3/c1-21(2,3)28-20(27)15-6-5-12(8-17(15)22)16-7-13(10-24-19(16)23)14-9-18(26)25(4)11-14/h5-10H,11H2,1-4H3,(H2,23,24). The van der Waals surface area contributed by atoms with Crippen LogP contribution in [0.15, 0.2) is 36.5 Å². The molecule has 1 aliphatic heterocycles. The molecular weight excluding hydrogens is 361 g/mol. The molecular formula is C21H22FN3O3. The number of nitrogen functional groups attached to an aromatic ring is 1. The van der Waals surface area contributed by atoms with E-state index >= 15 is 0 Å². The van der Waals surface area contributed by atoms with Crippen LogP contribution in [0.3, 0.4) is 0 Å². The quantitative estimate of drug-likeness (QED) is 0.822. The minimum atomic E-state index is -0.728. The largest absolute Gasteiger partial charge is 0.456 e. The fourth-order valence-electron chi connectivity index (χ4n) is 2.88. The van der Waals surface area contributed by atoms with Crippen LogP contribution in [0.1, 0.15) is 36.7 Å². The summed E-state index contributed by atoms with van der Waals surface area (Å²) in [5.74, 6) is -1.28. The minimum absolute atomic E-state index is 0.0823. The normalized spacial score (nSPS) is 14.2. The molecule has 0 fully saturated rings. The molecule has 0 unspecified atom stereocenters. The highest BCUT2D eigenvalue weighted by molar-refractivity contribution is 6.00. The number of hydrogen-bond donors (Lipinski definition) is 1. The van der Waals surface area contributed by atoms with E-state index in [9.17, 15) is 14.0 Å². The molecule has 3 rings (SSSR count). The van der Waals surface area contributed by atoms with Crippen molar-refractivity contribution in [2.75, 3.05) is 19.3 Å². The number of amides is 1. The van der Waals surface area contributed by atoms with Gasteiger partial charge in [0.05, 0.1) is 5.56 Å². The monoisotopic (exact) mass is 383 g/mol. The molecule has 28 heavy (non-hydrogen) atoms. The molecule has 6 nitrogen and oxygen atoms in total. The summed E-state index contributed by atoms with van der Waals surface area (Å²) in [5, 5.41) is 0. The molecule has 1 aliphatic rings. The van der Waals surface area contributed by atoms with Gasteiger partial charge in [-0.3, -0.25) is 4.79 Å². The number of carbonyl (C=O) groups excluding carboxylic acids is 2. The smallest absolute Gasteiger partial charge is 0.341 e. The van der Waals surface area contributed by atoms with E-state index in [2.05, 4.69) is 4.98 Å². The Bertz CT molecular complexity index is 993. The Morgan fingerprint density at radius 2 is 1.96 bits per heavy atom. The fraction of sp³-hybridized carbons (Fsp3) is 0.286. The van der Waals surface area contributed by atoms with E-state index in [-0.39, 0.29) is 17.3 Å². The molecule has 2 N–H and O–H groups in total. The number of halogens is 1. The average molecular weight is 383 g/mol. The summed E-state index contributed by atoms with van der Waals surface area (Å²) in [5.41, 5.74) is 7.67. The molecule has 1 aromatic heterocycles. The Labute approximate surface area is 162 Å². The minimum Gasteiger partial charge on any atom is -0.456 e. The summed E-state index contributed by atoms with van der Waals surface area (Å²) in [4.78, 5) is 29.6. The molecule has 0 bridgehead atoms. The van der Waals surface area contributed by atoms with Gasteiger partial charge < -0.3 is 15.4 Å². The molecule has 0 radical (unpaired) electrons. The molecule has 2 heterocycles. The van der Waals surface area contributed by atoms with Gasteiger partial charge in [-0.1, -0.05) is 6.07 Å². The maximum Gasteiger partial charge on any atom is 0.341 e. The van der Waals surface area contributed by atoms with E-state index in [0.29, 0.717) is 17.7 Å². The van der Waals surface area contributed by atoms with Crippen molar-refractivity contribution in [1.29, 1.82) is 0 Å². The maximum atomic E-state index is 14.6. The molecule has 7 heteroatoms. The van der Waals surface area contributed by atoms with Crippen LogP contribution < -0.4 is 5.73 Å². The number of nitrogens with zero attached hydrogens (tertiary/aromatic N) is 2. The first-order valence-electron chi connectivity index (χ1n) is 8.80. The molecule has 2 aromatic rings. The van der Waals surface area contributed by atoms with E-state index in [4.69, 9.17) is 10.5 Å². The first-order chi connectivity index (χ1) is 13.0. The van der Waals surface area contributed by atoms with Gasteiger partial charge in [0.2, 0.25) is 5.91 Å². The number of nitrogens with two attached hydrogens (primary N) is 1. The summed E-state index contributed by atoms with van der Waals surface area (Å²) in [7, 11) is 1.71. The van der Waals surface area contributed by atoms with E-state index in [1.807, 2.05) is 0 Å². The van der Waals surface area contributed by atoms with Crippen LogP contribution in [0.2, 0.25) is 0 Å². The van der Waals surface area contributed by atoms with Crippen LogP contribution in [0.5, 0.6) is 0 Å². The fourth-order valence-corrected chi connectivity index (χ4v) is 2.88. The van der Waals surface area contributed by atoms with Crippen LogP contribution in [0.4, 0.5) is 10.2 Å². The summed E-state index contributed by atoms with van der Waals surface area (Å²) < 4.78 is 19.8. The summed E-state index contributed by atoms with van der Waals surface area (Å²) >= 11 is 0. The molecule has 0 saturated heterocycles. The highest BCUT2D eigenvalue weighted by Crippen LogP contribution is 2.30. The lowest BCUT2D eigenvalue weighted by atomic mass is 10.00. The summed E-state index contributed by atoms with van der Waals surface area (Å²) in [6, 6.07) is 5.97. The van der Waals surface area contributed by atoms with Gasteiger partial charge in [-0.25, -0.2) is 14.2 Å². The zero-order valence-electron chi connectivity index (χ0n) is 16.2. The Morgan fingerprint density at radius 1 is 1.25 bits per heavy atom. The molecule has 1 aromatic carbocycles. The number of esters is 1. The van der Waals surface area contributed by atoms with Crippen molar-refractivity contribution in [2.45, 2.75) is 26.4 Å². The van der Waals surface area contributed by atoms with Gasteiger partial charge in [0.25, 0.3) is 0 Å². The Kier molecular flexibility index (Phi) is 4.93. The van der Waals surface area contributed by atoms with Gasteiger partial charge >= 0.3 is 5.97 Å². The lowest BCUT2D eigenvalue weighted by Gasteiger charge is -2.19. The van der Waals surface area contributed by atoms with E-state index in [0.717, 1.165) is 11.1 Å². The van der Waals surface area contributed by atoms with E-state index < -0.39 is 17.4 Å². The number of pyridine rings is 1. The number of benzene rings is 1. The number of likely N-dealkylation sites (N-methyl/N-ethyl adjacent to an activating group) is 1. The topological polar surface area (TPSA) is 85.5 Å². The second-order valence-electron chi connectivity index (χ2n) is 7.72. The van der Waals surface area contributed by atoms with Gasteiger partial charge in [0.1, 0.15) is 17.2 Å². The number of rotatable bonds is 3. The second kappa shape index (κ2) is 7.07. The summed E-state index contributed by atoms with van der Waals surface area (Å²) in [6.07, 6.45) is 3.13. The maximum absolute atomic E-state index is 14.6. The molecule has 0 saturated carbocycles. The molecule has 0 atom stereocenters. The average Bonchev–Trinajstić information content (AvgIpc) is 2.92. The molecule has 0 spiro atoms. The van der Waals surface area contributed by atoms with Crippen LogP contribution in [0, 0.1) is 5.82 Å². The molecule has 146 valence electrons. The van der Waals surface area contributed by atoms with Crippen LogP contribution >= 0.6 is 0 Å². The SMILES string of the molecule is CN1CC(c2cnc(N)c(-c3ccc(C(=O)OC(C)(C)C)c(F)c3)c2)=CC1=O. The van der Waals surface area contributed by atoms with Crippen molar-refractivity contribution in [2.24, 2.45) is 0 Å². The first-order valence-corrected chi connectivity index (χ1v) is 8.80. The number of hydrogen-bond acceptors (Lipinski definition) is 5. The van der Waals surface area contributed by atoms with Gasteiger partial charge in [-0.05, 0) is 55.7 Å². The van der Waals surface area contributed by atoms with Crippen LogP contribution in [-0.4, -0.2) is 41.0 Å². The third-order valence-electron chi connectivity index (χ3n) is 4.27. The number of ether oxygens (including phenoxy) is 1. The molecule has 0 aliphatic carbocycles. The van der Waals surface area contributed by atoms with Gasteiger partial charge in [-0.2, -0.15) is 0 Å². The van der Waals surface area contributed by atoms with Crippen molar-refractivity contribution in [3.05, 3.63) is 53.5 Å². The number of anilines is 1. The lowest BCUT2D eigenvalue weighted by Crippen LogP contribution is -2.24. The van der Waals surface area contributed by atoms with Crippen molar-refractivity contribution in [3.63, 3.8) is 0 Å². The zero-order chi connectivity index (χ0) is 20.6. The van der Waals surface area contributed by atoms with Crippen molar-refractivity contribution in [1.82, 2.24) is 9.88 Å². The Hall–Kier alpha value is -3.22. The Morgan fingerprint density at radius 3 is 2.54 bits per heavy atom. The van der Waals surface area contributed by atoms with E-state index in [1.54, 1.807) is 57.1 Å². The molecule has 1 amide bonds. The van der Waals surface area contributed by atoms with Crippen LogP contribution in [-0.2, 0) is 9.53 Å². The highest BCUT2D eigenvalue weighted by Gasteiger charge is 2.22. The third kappa shape index (κ3) is 4.03. The summed E-state index contributed by atoms with van der Waals surface area (Å²) in [6.45, 7) is 5.62. The third-order valence-corrected chi connectivity index (χ3v) is 4.27. The van der Waals surface area contributed by atoms with Crippen molar-refractivity contribution < 1.29 is 18.7 Å².